The molecule has 2 rings (SSSR count). The second-order valence-electron chi connectivity index (χ2n) is 3.93. The number of hydrogen-bond acceptors (Lipinski definition) is 2. The van der Waals surface area contributed by atoms with Crippen LogP contribution in [0.15, 0.2) is 35.2 Å². The Morgan fingerprint density at radius 2 is 2.25 bits per heavy atom. The van der Waals surface area contributed by atoms with Crippen molar-refractivity contribution in [3.63, 3.8) is 0 Å². The van der Waals surface area contributed by atoms with Gasteiger partial charge in [-0.05, 0) is 40.9 Å². The first-order chi connectivity index (χ1) is 7.90. The fourth-order valence-corrected chi connectivity index (χ4v) is 2.47. The van der Waals surface area contributed by atoms with Gasteiger partial charge in [-0.2, -0.15) is 11.3 Å². The van der Waals surface area contributed by atoms with E-state index < -0.39 is 0 Å². The Hall–Kier alpha value is -1.06. The van der Waals surface area contributed by atoms with Gasteiger partial charge >= 0.3 is 0 Å². The maximum Gasteiger partial charge on any atom is 0.0362 e. The van der Waals surface area contributed by atoms with Crippen LogP contribution in [0, 0.1) is 0 Å². The van der Waals surface area contributed by atoms with Gasteiger partial charge in [0.25, 0.3) is 0 Å². The van der Waals surface area contributed by atoms with Crippen molar-refractivity contribution in [2.75, 3.05) is 0 Å². The number of nitrogens with one attached hydrogen (secondary N) is 1. The standard InChI is InChI=1S/C13H18N2S/c1-2-6-15-7-3-4-13(15)10-14-9-12-5-8-16-11-12/h3-5,7-8,11,14H,2,6,9-10H2,1H3. The van der Waals surface area contributed by atoms with Gasteiger partial charge in [0.05, 0.1) is 0 Å². The number of aryl methyl sites for hydroxylation is 1. The van der Waals surface area contributed by atoms with Gasteiger partial charge in [-0.3, -0.25) is 0 Å². The molecular formula is C13H18N2S. The van der Waals surface area contributed by atoms with E-state index in [4.69, 9.17) is 0 Å². The molecule has 0 amide bonds. The van der Waals surface area contributed by atoms with Crippen molar-refractivity contribution in [3.05, 3.63) is 46.4 Å². The molecule has 0 spiro atoms. The van der Waals surface area contributed by atoms with E-state index in [-0.39, 0.29) is 0 Å². The monoisotopic (exact) mass is 234 g/mol. The predicted octanol–water partition coefficient (Wildman–Crippen LogP) is 3.25. The van der Waals surface area contributed by atoms with Crippen molar-refractivity contribution in [2.24, 2.45) is 0 Å². The molecule has 0 aliphatic rings. The second kappa shape index (κ2) is 5.87. The van der Waals surface area contributed by atoms with Crippen LogP contribution in [-0.2, 0) is 19.6 Å². The first kappa shape index (κ1) is 11.4. The van der Waals surface area contributed by atoms with E-state index in [0.717, 1.165) is 19.6 Å². The second-order valence-corrected chi connectivity index (χ2v) is 4.71. The van der Waals surface area contributed by atoms with Crippen LogP contribution < -0.4 is 5.32 Å². The molecule has 1 N–H and O–H groups in total. The minimum absolute atomic E-state index is 0.947. The topological polar surface area (TPSA) is 17.0 Å². The number of nitrogens with zero attached hydrogens (tertiary/aromatic N) is 1. The fraction of sp³-hybridized carbons (Fsp3) is 0.385. The van der Waals surface area contributed by atoms with Crippen molar-refractivity contribution in [1.29, 1.82) is 0 Å². The van der Waals surface area contributed by atoms with Gasteiger partial charge in [-0.1, -0.05) is 6.92 Å². The molecule has 0 unspecified atom stereocenters. The molecule has 0 radical (unpaired) electrons. The number of hydrogen-bond donors (Lipinski definition) is 1. The van der Waals surface area contributed by atoms with Gasteiger partial charge in [0.1, 0.15) is 0 Å². The van der Waals surface area contributed by atoms with E-state index in [0.29, 0.717) is 0 Å². The smallest absolute Gasteiger partial charge is 0.0362 e. The highest BCUT2D eigenvalue weighted by Gasteiger charge is 1.99. The molecule has 16 heavy (non-hydrogen) atoms. The maximum absolute atomic E-state index is 3.47. The third kappa shape index (κ3) is 2.97. The van der Waals surface area contributed by atoms with E-state index in [1.54, 1.807) is 11.3 Å². The summed E-state index contributed by atoms with van der Waals surface area (Å²) >= 11 is 1.75. The summed E-state index contributed by atoms with van der Waals surface area (Å²) in [7, 11) is 0. The molecule has 2 aromatic rings. The van der Waals surface area contributed by atoms with Crippen molar-refractivity contribution in [3.8, 4) is 0 Å². The van der Waals surface area contributed by atoms with Crippen LogP contribution in [-0.4, -0.2) is 4.57 Å². The summed E-state index contributed by atoms with van der Waals surface area (Å²) in [5.74, 6) is 0. The van der Waals surface area contributed by atoms with Crippen LogP contribution in [0.25, 0.3) is 0 Å². The van der Waals surface area contributed by atoms with Crippen molar-refractivity contribution >= 4 is 11.3 Å². The minimum Gasteiger partial charge on any atom is -0.350 e. The predicted molar refractivity (Wildman–Crippen MR) is 69.6 cm³/mol. The lowest BCUT2D eigenvalue weighted by molar-refractivity contribution is 0.602. The van der Waals surface area contributed by atoms with Gasteiger partial charge in [0, 0.05) is 31.5 Å². The molecular weight excluding hydrogens is 216 g/mol. The van der Waals surface area contributed by atoms with Gasteiger partial charge in [0.15, 0.2) is 0 Å². The Labute approximate surface area is 101 Å². The Balaban J connectivity index is 1.82. The van der Waals surface area contributed by atoms with Gasteiger partial charge in [-0.25, -0.2) is 0 Å². The molecule has 86 valence electrons. The Morgan fingerprint density at radius 1 is 1.31 bits per heavy atom. The summed E-state index contributed by atoms with van der Waals surface area (Å²) < 4.78 is 2.32. The molecule has 0 aromatic carbocycles. The number of aromatic nitrogens is 1. The summed E-state index contributed by atoms with van der Waals surface area (Å²) in [6.07, 6.45) is 3.34. The van der Waals surface area contributed by atoms with Crippen molar-refractivity contribution in [1.82, 2.24) is 9.88 Å². The van der Waals surface area contributed by atoms with Crippen molar-refractivity contribution < 1.29 is 0 Å². The molecule has 0 atom stereocenters. The molecule has 0 fully saturated rings. The molecule has 2 heterocycles. The molecule has 0 aliphatic heterocycles. The van der Waals surface area contributed by atoms with E-state index in [9.17, 15) is 0 Å². The lowest BCUT2D eigenvalue weighted by Crippen LogP contribution is -2.15. The zero-order chi connectivity index (χ0) is 11.2. The van der Waals surface area contributed by atoms with E-state index in [1.165, 1.54) is 17.7 Å². The summed E-state index contributed by atoms with van der Waals surface area (Å²) in [6.45, 7) is 5.23. The summed E-state index contributed by atoms with van der Waals surface area (Å²) in [5, 5.41) is 7.79. The van der Waals surface area contributed by atoms with Crippen LogP contribution in [0.5, 0.6) is 0 Å². The molecule has 2 nitrogen and oxygen atoms in total. The number of thiophene rings is 1. The zero-order valence-corrected chi connectivity index (χ0v) is 10.5. The molecule has 2 aromatic heterocycles. The van der Waals surface area contributed by atoms with E-state index in [2.05, 4.69) is 52.0 Å². The maximum atomic E-state index is 3.47. The molecule has 3 heteroatoms. The lowest BCUT2D eigenvalue weighted by atomic mass is 10.3. The number of rotatable bonds is 6. The van der Waals surface area contributed by atoms with E-state index in [1.807, 2.05) is 0 Å². The fourth-order valence-electron chi connectivity index (χ4n) is 1.80. The third-order valence-corrected chi connectivity index (χ3v) is 3.34. The van der Waals surface area contributed by atoms with Gasteiger partial charge in [-0.15, -0.1) is 0 Å². The highest BCUT2D eigenvalue weighted by Crippen LogP contribution is 2.07. The Morgan fingerprint density at radius 3 is 3.00 bits per heavy atom. The van der Waals surface area contributed by atoms with Crippen LogP contribution in [0.3, 0.4) is 0 Å². The molecule has 0 saturated heterocycles. The zero-order valence-electron chi connectivity index (χ0n) is 9.65. The molecule has 0 saturated carbocycles. The van der Waals surface area contributed by atoms with Crippen molar-refractivity contribution in [2.45, 2.75) is 33.0 Å². The third-order valence-electron chi connectivity index (χ3n) is 2.60. The van der Waals surface area contributed by atoms with Gasteiger partial charge in [0.2, 0.25) is 0 Å². The normalized spacial score (nSPS) is 10.8. The summed E-state index contributed by atoms with van der Waals surface area (Å²) in [5.41, 5.74) is 2.75. The van der Waals surface area contributed by atoms with Gasteiger partial charge < -0.3 is 9.88 Å². The largest absolute Gasteiger partial charge is 0.350 e. The summed E-state index contributed by atoms with van der Waals surface area (Å²) in [6, 6.07) is 6.48. The van der Waals surface area contributed by atoms with Crippen LogP contribution in [0.1, 0.15) is 24.6 Å². The lowest BCUT2D eigenvalue weighted by Gasteiger charge is -2.08. The summed E-state index contributed by atoms with van der Waals surface area (Å²) in [4.78, 5) is 0. The molecule has 0 aliphatic carbocycles. The quantitative estimate of drug-likeness (QED) is 0.812. The first-order valence-electron chi connectivity index (χ1n) is 5.76. The highest BCUT2D eigenvalue weighted by atomic mass is 32.1. The first-order valence-corrected chi connectivity index (χ1v) is 6.70. The van der Waals surface area contributed by atoms with E-state index >= 15 is 0 Å². The Kier molecular flexibility index (Phi) is 4.19. The SMILES string of the molecule is CCCn1cccc1CNCc1ccsc1. The Bertz CT molecular complexity index is 403. The molecule has 0 bridgehead atoms. The average molecular weight is 234 g/mol. The average Bonchev–Trinajstić information content (AvgIpc) is 2.91. The highest BCUT2D eigenvalue weighted by molar-refractivity contribution is 7.07. The minimum atomic E-state index is 0.947. The van der Waals surface area contributed by atoms with Crippen LogP contribution >= 0.6 is 11.3 Å². The van der Waals surface area contributed by atoms with Crippen LogP contribution in [0.2, 0.25) is 0 Å². The van der Waals surface area contributed by atoms with Crippen LogP contribution in [0.4, 0.5) is 0 Å².